The lowest BCUT2D eigenvalue weighted by atomic mass is 10.1. The van der Waals surface area contributed by atoms with Gasteiger partial charge in [-0.05, 0) is 49.7 Å². The topological polar surface area (TPSA) is 66.0 Å². The van der Waals surface area contributed by atoms with Gasteiger partial charge in [0.25, 0.3) is 0 Å². The van der Waals surface area contributed by atoms with Crippen molar-refractivity contribution in [2.45, 2.75) is 39.5 Å². The number of thiazole rings is 1. The van der Waals surface area contributed by atoms with Gasteiger partial charge in [0.1, 0.15) is 0 Å². The maximum Gasteiger partial charge on any atom is 0.244 e. The Hall–Kier alpha value is -1.99. The molecule has 1 aromatic heterocycles. The molecule has 0 fully saturated rings. The Bertz CT molecular complexity index is 682. The molecular formula is C17H22N4OS2. The van der Waals surface area contributed by atoms with Gasteiger partial charge in [-0.3, -0.25) is 15.6 Å². The minimum atomic E-state index is -0.181. The highest BCUT2D eigenvalue weighted by atomic mass is 32.1. The number of carbonyl (C=O) groups excluding carboxylic acids is 1. The number of carbonyl (C=O) groups is 1. The molecule has 0 aliphatic heterocycles. The van der Waals surface area contributed by atoms with E-state index in [2.05, 4.69) is 40.2 Å². The summed E-state index contributed by atoms with van der Waals surface area (Å²) in [4.78, 5) is 16.1. The third kappa shape index (κ3) is 6.25. The number of aryl methyl sites for hydroxylation is 2. The van der Waals surface area contributed by atoms with Crippen molar-refractivity contribution in [3.63, 3.8) is 0 Å². The van der Waals surface area contributed by atoms with Crippen LogP contribution in [0.25, 0.3) is 0 Å². The zero-order valence-electron chi connectivity index (χ0n) is 13.9. The fourth-order valence-electron chi connectivity index (χ4n) is 2.12. The summed E-state index contributed by atoms with van der Waals surface area (Å²) in [6, 6.07) is 8.14. The van der Waals surface area contributed by atoms with E-state index in [4.69, 9.17) is 12.2 Å². The highest BCUT2D eigenvalue weighted by molar-refractivity contribution is 7.80. The summed E-state index contributed by atoms with van der Waals surface area (Å²) < 4.78 is 0. The Labute approximate surface area is 151 Å². The van der Waals surface area contributed by atoms with Crippen LogP contribution in [0.2, 0.25) is 0 Å². The fourth-order valence-corrected chi connectivity index (χ4v) is 2.90. The van der Waals surface area contributed by atoms with E-state index in [9.17, 15) is 4.79 Å². The van der Waals surface area contributed by atoms with Crippen LogP contribution in [-0.4, -0.2) is 16.0 Å². The van der Waals surface area contributed by atoms with Gasteiger partial charge < -0.3 is 5.32 Å². The van der Waals surface area contributed by atoms with E-state index < -0.39 is 0 Å². The summed E-state index contributed by atoms with van der Waals surface area (Å²) in [6.07, 6.45) is 3.70. The Morgan fingerprint density at radius 3 is 2.62 bits per heavy atom. The molecule has 0 saturated heterocycles. The Morgan fingerprint density at radius 1 is 1.25 bits per heavy atom. The van der Waals surface area contributed by atoms with Crippen molar-refractivity contribution in [3.8, 4) is 0 Å². The second-order valence-corrected chi connectivity index (χ2v) is 6.93. The Morgan fingerprint density at radius 2 is 2.00 bits per heavy atom. The third-order valence-electron chi connectivity index (χ3n) is 3.35. The highest BCUT2D eigenvalue weighted by Gasteiger charge is 2.06. The monoisotopic (exact) mass is 362 g/mol. The van der Waals surface area contributed by atoms with E-state index in [0.29, 0.717) is 5.11 Å². The van der Waals surface area contributed by atoms with Gasteiger partial charge in [0.15, 0.2) is 5.11 Å². The van der Waals surface area contributed by atoms with Gasteiger partial charge in [-0.25, -0.2) is 4.98 Å². The first-order valence-corrected chi connectivity index (χ1v) is 9.21. The number of hydrogen-bond acceptors (Lipinski definition) is 4. The van der Waals surface area contributed by atoms with Crippen molar-refractivity contribution in [1.82, 2.24) is 15.8 Å². The van der Waals surface area contributed by atoms with Crippen LogP contribution in [0.4, 0.5) is 5.69 Å². The first-order valence-electron chi connectivity index (χ1n) is 7.92. The largest absolute Gasteiger partial charge is 0.331 e. The number of nitrogens with one attached hydrogen (secondary N) is 3. The minimum absolute atomic E-state index is 0.181. The molecule has 0 radical (unpaired) electrons. The molecule has 0 atom stereocenters. The molecule has 128 valence electrons. The Balaban J connectivity index is 1.73. The molecule has 24 heavy (non-hydrogen) atoms. The van der Waals surface area contributed by atoms with Crippen molar-refractivity contribution < 1.29 is 4.79 Å². The van der Waals surface area contributed by atoms with Crippen LogP contribution in [0.3, 0.4) is 0 Å². The number of nitrogens with zero attached hydrogens (tertiary/aromatic N) is 1. The van der Waals surface area contributed by atoms with Gasteiger partial charge in [-0.1, -0.05) is 25.5 Å². The standard InChI is InChI=1S/C17H22N4OS2/c1-3-4-5-13-6-8-14(9-7-13)19-17(23)21-20-16(22)10-15-11-24-12(2)18-15/h6-9,11H,3-5,10H2,1-2H3,(H,20,22)(H2,19,21,23). The van der Waals surface area contributed by atoms with Gasteiger partial charge in [0.05, 0.1) is 17.1 Å². The molecule has 0 saturated carbocycles. The van der Waals surface area contributed by atoms with E-state index in [-0.39, 0.29) is 12.3 Å². The quantitative estimate of drug-likeness (QED) is 0.543. The van der Waals surface area contributed by atoms with Crippen LogP contribution in [0.15, 0.2) is 29.6 Å². The van der Waals surface area contributed by atoms with E-state index in [0.717, 1.165) is 22.8 Å². The highest BCUT2D eigenvalue weighted by Crippen LogP contribution is 2.11. The van der Waals surface area contributed by atoms with Crippen molar-refractivity contribution in [2.24, 2.45) is 0 Å². The maximum atomic E-state index is 11.8. The molecule has 0 unspecified atom stereocenters. The fraction of sp³-hybridized carbons (Fsp3) is 0.353. The number of aromatic nitrogens is 1. The molecule has 0 spiro atoms. The van der Waals surface area contributed by atoms with Crippen molar-refractivity contribution in [2.75, 3.05) is 5.32 Å². The zero-order valence-corrected chi connectivity index (χ0v) is 15.5. The van der Waals surface area contributed by atoms with Gasteiger partial charge >= 0.3 is 0 Å². The van der Waals surface area contributed by atoms with Crippen LogP contribution < -0.4 is 16.2 Å². The smallest absolute Gasteiger partial charge is 0.244 e. The molecule has 3 N–H and O–H groups in total. The molecule has 1 amide bonds. The summed E-state index contributed by atoms with van der Waals surface area (Å²) in [5.74, 6) is -0.181. The predicted octanol–water partition coefficient (Wildman–Crippen LogP) is 3.35. The minimum Gasteiger partial charge on any atom is -0.331 e. The molecule has 2 aromatic rings. The summed E-state index contributed by atoms with van der Waals surface area (Å²) >= 11 is 6.70. The average molecular weight is 363 g/mol. The summed E-state index contributed by atoms with van der Waals surface area (Å²) in [5, 5.41) is 6.22. The second kappa shape index (κ2) is 9.34. The number of amides is 1. The lowest BCUT2D eigenvalue weighted by molar-refractivity contribution is -0.121. The number of unbranched alkanes of at least 4 members (excludes halogenated alkanes) is 1. The number of rotatable bonds is 6. The molecule has 0 bridgehead atoms. The zero-order chi connectivity index (χ0) is 17.4. The van der Waals surface area contributed by atoms with Gasteiger partial charge in [-0.2, -0.15) is 0 Å². The molecule has 0 aliphatic rings. The van der Waals surface area contributed by atoms with Crippen LogP contribution in [0.1, 0.15) is 36.0 Å². The third-order valence-corrected chi connectivity index (χ3v) is 4.38. The van der Waals surface area contributed by atoms with Crippen molar-refractivity contribution in [1.29, 1.82) is 0 Å². The normalized spacial score (nSPS) is 10.2. The molecule has 7 heteroatoms. The van der Waals surface area contributed by atoms with Crippen molar-refractivity contribution in [3.05, 3.63) is 45.9 Å². The summed E-state index contributed by atoms with van der Waals surface area (Å²) in [5.41, 5.74) is 8.24. The molecule has 1 heterocycles. The first kappa shape index (κ1) is 18.4. The lowest BCUT2D eigenvalue weighted by Crippen LogP contribution is -2.44. The summed E-state index contributed by atoms with van der Waals surface area (Å²) in [6.45, 7) is 4.10. The van der Waals surface area contributed by atoms with Crippen LogP contribution in [-0.2, 0) is 17.6 Å². The van der Waals surface area contributed by atoms with Gasteiger partial charge in [-0.15, -0.1) is 11.3 Å². The molecule has 1 aromatic carbocycles. The van der Waals surface area contributed by atoms with E-state index >= 15 is 0 Å². The number of thiocarbonyl (C=S) groups is 1. The molecular weight excluding hydrogens is 340 g/mol. The van der Waals surface area contributed by atoms with Crippen LogP contribution in [0.5, 0.6) is 0 Å². The predicted molar refractivity (Wildman–Crippen MR) is 103 cm³/mol. The van der Waals surface area contributed by atoms with Crippen molar-refractivity contribution >= 4 is 40.3 Å². The summed E-state index contributed by atoms with van der Waals surface area (Å²) in [7, 11) is 0. The number of anilines is 1. The lowest BCUT2D eigenvalue weighted by Gasteiger charge is -2.11. The van der Waals surface area contributed by atoms with Gasteiger partial charge in [0, 0.05) is 11.1 Å². The Kier molecular flexibility index (Phi) is 7.14. The van der Waals surface area contributed by atoms with Gasteiger partial charge in [0.2, 0.25) is 5.91 Å². The first-order chi connectivity index (χ1) is 11.6. The van der Waals surface area contributed by atoms with E-state index in [1.165, 1.54) is 29.7 Å². The van der Waals surface area contributed by atoms with E-state index in [1.54, 1.807) is 0 Å². The van der Waals surface area contributed by atoms with Crippen LogP contribution in [0, 0.1) is 6.92 Å². The SMILES string of the molecule is CCCCc1ccc(NC(=S)NNC(=O)Cc2csc(C)n2)cc1. The molecule has 2 rings (SSSR count). The number of benzene rings is 1. The average Bonchev–Trinajstić information content (AvgIpc) is 2.97. The number of hydrogen-bond donors (Lipinski definition) is 3. The van der Waals surface area contributed by atoms with Crippen LogP contribution >= 0.6 is 23.6 Å². The number of hydrazine groups is 1. The molecule has 5 nitrogen and oxygen atoms in total. The molecule has 0 aliphatic carbocycles. The van der Waals surface area contributed by atoms with E-state index in [1.807, 2.05) is 24.4 Å². The second-order valence-electron chi connectivity index (χ2n) is 5.46. The maximum absolute atomic E-state index is 11.8.